The van der Waals surface area contributed by atoms with Crippen LogP contribution in [-0.2, 0) is 16.0 Å². The highest BCUT2D eigenvalue weighted by Crippen LogP contribution is 2.26. The molecule has 2 aromatic rings. The first kappa shape index (κ1) is 27.1. The Kier molecular flexibility index (Phi) is 9.48. The number of anilines is 2. The summed E-state index contributed by atoms with van der Waals surface area (Å²) in [6.07, 6.45) is 9.32. The summed E-state index contributed by atoms with van der Waals surface area (Å²) >= 11 is 0. The minimum Gasteiger partial charge on any atom is -0.495 e. The van der Waals surface area contributed by atoms with E-state index in [1.54, 1.807) is 24.4 Å². The summed E-state index contributed by atoms with van der Waals surface area (Å²) in [6, 6.07) is 12.1. The quantitative estimate of drug-likeness (QED) is 0.380. The lowest BCUT2D eigenvalue weighted by atomic mass is 10.1. The number of aliphatic carboxylic acids is 1. The van der Waals surface area contributed by atoms with Gasteiger partial charge in [-0.05, 0) is 60.9 Å². The number of para-hydroxylation sites is 1. The van der Waals surface area contributed by atoms with E-state index in [-0.39, 0.29) is 24.8 Å². The monoisotopic (exact) mass is 504 g/mol. The fourth-order valence-corrected chi connectivity index (χ4v) is 3.71. The number of methoxy groups -OCH3 is 1. The Morgan fingerprint density at radius 2 is 1.81 bits per heavy atom. The van der Waals surface area contributed by atoms with Crippen LogP contribution in [0, 0.1) is 6.92 Å². The zero-order valence-corrected chi connectivity index (χ0v) is 21.2. The second-order valence-electron chi connectivity index (χ2n) is 8.68. The highest BCUT2D eigenvalue weighted by Gasteiger charge is 2.14. The van der Waals surface area contributed by atoms with Crippen LogP contribution in [0.2, 0.25) is 0 Å². The lowest BCUT2D eigenvalue weighted by Crippen LogP contribution is -2.27. The molecule has 0 saturated carbocycles. The van der Waals surface area contributed by atoms with Gasteiger partial charge in [0, 0.05) is 30.7 Å². The molecule has 1 atom stereocenters. The number of aryl methyl sites for hydroxylation is 1. The highest BCUT2D eigenvalue weighted by atomic mass is 16.5. The first-order chi connectivity index (χ1) is 17.7. The maximum Gasteiger partial charge on any atom is 0.323 e. The van der Waals surface area contributed by atoms with Crippen LogP contribution in [0.1, 0.15) is 24.5 Å². The highest BCUT2D eigenvalue weighted by molar-refractivity contribution is 6.01. The molecule has 0 fully saturated rings. The Bertz CT molecular complexity index is 1230. The summed E-state index contributed by atoms with van der Waals surface area (Å²) in [4.78, 5) is 37.8. The van der Waals surface area contributed by atoms with Crippen LogP contribution in [-0.4, -0.2) is 47.6 Å². The lowest BCUT2D eigenvalue weighted by molar-refractivity contribution is -0.137. The third kappa shape index (κ3) is 8.28. The standard InChI is InChI=1S/C28H32N4O5/c1-19-7-4-5-9-23(19)30-28(36)31-24-11-10-22(16-25(24)37-3)17-26(33)29-18-21-8-6-13-32(14-12-21)20(2)15-27(34)35/h4-14,16,20H,15,17-18H2,1-3H3,(H,29,33)(H,34,35)(H2,30,31,36). The Morgan fingerprint density at radius 3 is 2.54 bits per heavy atom. The van der Waals surface area contributed by atoms with Crippen LogP contribution in [0.15, 0.2) is 78.7 Å². The van der Waals surface area contributed by atoms with Crippen LogP contribution < -0.4 is 20.7 Å². The van der Waals surface area contributed by atoms with Gasteiger partial charge in [-0.3, -0.25) is 9.59 Å². The Labute approximate surface area is 216 Å². The summed E-state index contributed by atoms with van der Waals surface area (Å²) in [5.74, 6) is -0.580. The normalized spacial score (nSPS) is 13.3. The number of amides is 3. The fourth-order valence-electron chi connectivity index (χ4n) is 3.71. The molecule has 0 aliphatic carbocycles. The molecule has 0 bridgehead atoms. The van der Waals surface area contributed by atoms with E-state index in [1.807, 2.05) is 67.4 Å². The van der Waals surface area contributed by atoms with Gasteiger partial charge in [-0.25, -0.2) is 4.79 Å². The molecular formula is C28H32N4O5. The molecule has 0 radical (unpaired) electrons. The van der Waals surface area contributed by atoms with Crippen molar-refractivity contribution in [3.63, 3.8) is 0 Å². The van der Waals surface area contributed by atoms with Crippen molar-refractivity contribution in [1.29, 1.82) is 0 Å². The Morgan fingerprint density at radius 1 is 1.05 bits per heavy atom. The van der Waals surface area contributed by atoms with Gasteiger partial charge in [-0.2, -0.15) is 0 Å². The molecule has 2 aromatic carbocycles. The molecule has 0 spiro atoms. The number of benzene rings is 2. The Hall–Kier alpha value is -4.53. The number of hydrogen-bond acceptors (Lipinski definition) is 5. The molecule has 3 rings (SSSR count). The minimum atomic E-state index is -0.857. The van der Waals surface area contributed by atoms with Gasteiger partial charge in [-0.15, -0.1) is 0 Å². The number of allylic oxidation sites excluding steroid dienone is 2. The van der Waals surface area contributed by atoms with Crippen molar-refractivity contribution in [2.24, 2.45) is 0 Å². The summed E-state index contributed by atoms with van der Waals surface area (Å²) in [6.45, 7) is 4.07. The zero-order chi connectivity index (χ0) is 26.8. The van der Waals surface area contributed by atoms with Crippen molar-refractivity contribution in [2.45, 2.75) is 32.7 Å². The number of nitrogens with zero attached hydrogens (tertiary/aromatic N) is 1. The third-order valence-electron chi connectivity index (χ3n) is 5.77. The Balaban J connectivity index is 1.53. The number of carboxylic acids is 1. The van der Waals surface area contributed by atoms with Crippen molar-refractivity contribution in [3.8, 4) is 5.75 Å². The molecule has 9 nitrogen and oxygen atoms in total. The number of carbonyl (C=O) groups is 3. The van der Waals surface area contributed by atoms with Crippen LogP contribution in [0.25, 0.3) is 0 Å². The third-order valence-corrected chi connectivity index (χ3v) is 5.77. The molecule has 3 amide bonds. The van der Waals surface area contributed by atoms with E-state index in [2.05, 4.69) is 16.0 Å². The van der Waals surface area contributed by atoms with E-state index in [0.29, 0.717) is 23.7 Å². The predicted octanol–water partition coefficient (Wildman–Crippen LogP) is 4.44. The van der Waals surface area contributed by atoms with Gasteiger partial charge in [0.15, 0.2) is 0 Å². The summed E-state index contributed by atoms with van der Waals surface area (Å²) in [5.41, 5.74) is 3.76. The van der Waals surface area contributed by atoms with Gasteiger partial charge in [-0.1, -0.05) is 30.3 Å². The smallest absolute Gasteiger partial charge is 0.323 e. The number of urea groups is 1. The van der Waals surface area contributed by atoms with Crippen molar-refractivity contribution >= 4 is 29.3 Å². The maximum absolute atomic E-state index is 12.6. The minimum absolute atomic E-state index is 0.0237. The van der Waals surface area contributed by atoms with Gasteiger partial charge in [0.05, 0.1) is 25.6 Å². The molecule has 4 N–H and O–H groups in total. The average Bonchev–Trinajstić information content (AvgIpc) is 3.10. The van der Waals surface area contributed by atoms with E-state index in [4.69, 9.17) is 9.84 Å². The summed E-state index contributed by atoms with van der Waals surface area (Å²) in [5, 5.41) is 17.5. The topological polar surface area (TPSA) is 120 Å². The first-order valence-corrected chi connectivity index (χ1v) is 11.9. The molecule has 0 saturated heterocycles. The van der Waals surface area contributed by atoms with Crippen molar-refractivity contribution < 1.29 is 24.2 Å². The second kappa shape index (κ2) is 13.0. The first-order valence-electron chi connectivity index (χ1n) is 11.9. The maximum atomic E-state index is 12.6. The SMILES string of the molecule is COc1cc(CC(=O)NCC2=CC=CN(C(C)CC(=O)O)C=C2)ccc1NC(=O)Nc1ccccc1C. The lowest BCUT2D eigenvalue weighted by Gasteiger charge is -2.21. The largest absolute Gasteiger partial charge is 0.495 e. The molecule has 37 heavy (non-hydrogen) atoms. The molecule has 1 heterocycles. The van der Waals surface area contributed by atoms with E-state index < -0.39 is 12.0 Å². The van der Waals surface area contributed by atoms with Crippen molar-refractivity contribution in [1.82, 2.24) is 10.2 Å². The van der Waals surface area contributed by atoms with Gasteiger partial charge in [0.2, 0.25) is 5.91 Å². The van der Waals surface area contributed by atoms with Crippen LogP contribution >= 0.6 is 0 Å². The van der Waals surface area contributed by atoms with Gasteiger partial charge >= 0.3 is 12.0 Å². The zero-order valence-electron chi connectivity index (χ0n) is 21.2. The van der Waals surface area contributed by atoms with Crippen LogP contribution in [0.3, 0.4) is 0 Å². The average molecular weight is 505 g/mol. The molecular weight excluding hydrogens is 472 g/mol. The predicted molar refractivity (Wildman–Crippen MR) is 143 cm³/mol. The van der Waals surface area contributed by atoms with E-state index in [1.165, 1.54) is 7.11 Å². The number of carbonyl (C=O) groups excluding carboxylic acids is 2. The van der Waals surface area contributed by atoms with Crippen molar-refractivity contribution in [2.75, 3.05) is 24.3 Å². The number of rotatable bonds is 10. The summed E-state index contributed by atoms with van der Waals surface area (Å²) in [7, 11) is 1.50. The number of carboxylic acid groups (broad SMARTS) is 1. The molecule has 0 aromatic heterocycles. The molecule has 1 aliphatic rings. The van der Waals surface area contributed by atoms with E-state index >= 15 is 0 Å². The molecule has 1 aliphatic heterocycles. The molecule has 1 unspecified atom stereocenters. The van der Waals surface area contributed by atoms with Crippen LogP contribution in [0.4, 0.5) is 16.2 Å². The van der Waals surface area contributed by atoms with Gasteiger partial charge < -0.3 is 30.7 Å². The van der Waals surface area contributed by atoms with Crippen molar-refractivity contribution in [3.05, 3.63) is 89.8 Å². The molecule has 194 valence electrons. The number of ether oxygens (including phenoxy) is 1. The van der Waals surface area contributed by atoms with E-state index in [9.17, 15) is 14.4 Å². The number of hydrogen-bond donors (Lipinski definition) is 4. The second-order valence-corrected chi connectivity index (χ2v) is 8.68. The van der Waals surface area contributed by atoms with Gasteiger partial charge in [0.25, 0.3) is 0 Å². The van der Waals surface area contributed by atoms with Crippen LogP contribution in [0.5, 0.6) is 5.75 Å². The fraction of sp³-hybridized carbons (Fsp3) is 0.250. The molecule has 9 heteroatoms. The van der Waals surface area contributed by atoms with Gasteiger partial charge in [0.1, 0.15) is 5.75 Å². The number of nitrogens with one attached hydrogen (secondary N) is 3. The van der Waals surface area contributed by atoms with E-state index in [0.717, 1.165) is 16.7 Å². The summed E-state index contributed by atoms with van der Waals surface area (Å²) < 4.78 is 5.42.